The van der Waals surface area contributed by atoms with Crippen LogP contribution >= 0.6 is 0 Å². The minimum Gasteiger partial charge on any atom is -0.370 e. The van der Waals surface area contributed by atoms with E-state index in [0.29, 0.717) is 11.9 Å². The third-order valence-electron chi connectivity index (χ3n) is 4.26. The van der Waals surface area contributed by atoms with Crippen molar-refractivity contribution < 1.29 is 4.79 Å². The van der Waals surface area contributed by atoms with Gasteiger partial charge in [-0.15, -0.1) is 0 Å². The number of anilines is 4. The van der Waals surface area contributed by atoms with Crippen molar-refractivity contribution in [2.75, 3.05) is 22.5 Å². The SMILES string of the molecule is CC(=O)Nc1cccc(Nc2nc(NCCC(C)C)cc(-c3ccccc3)n2)c1. The van der Waals surface area contributed by atoms with Gasteiger partial charge >= 0.3 is 0 Å². The van der Waals surface area contributed by atoms with E-state index < -0.39 is 0 Å². The van der Waals surface area contributed by atoms with Gasteiger partial charge in [0.2, 0.25) is 11.9 Å². The van der Waals surface area contributed by atoms with Crippen molar-refractivity contribution in [3.63, 3.8) is 0 Å². The smallest absolute Gasteiger partial charge is 0.229 e. The number of amides is 1. The van der Waals surface area contributed by atoms with Gasteiger partial charge in [0.1, 0.15) is 5.82 Å². The molecule has 150 valence electrons. The number of rotatable bonds is 8. The maximum atomic E-state index is 11.3. The first kappa shape index (κ1) is 20.3. The van der Waals surface area contributed by atoms with E-state index in [9.17, 15) is 4.79 Å². The maximum absolute atomic E-state index is 11.3. The molecule has 0 aliphatic heterocycles. The van der Waals surface area contributed by atoms with Crippen molar-refractivity contribution in [3.8, 4) is 11.3 Å². The highest BCUT2D eigenvalue weighted by molar-refractivity contribution is 5.89. The molecule has 6 heteroatoms. The van der Waals surface area contributed by atoms with Crippen LogP contribution in [-0.2, 0) is 4.79 Å². The average molecular weight is 390 g/mol. The third-order valence-corrected chi connectivity index (χ3v) is 4.26. The Morgan fingerprint density at radius 2 is 1.72 bits per heavy atom. The van der Waals surface area contributed by atoms with E-state index in [2.05, 4.69) is 39.8 Å². The lowest BCUT2D eigenvalue weighted by molar-refractivity contribution is -0.114. The number of carbonyl (C=O) groups excluding carboxylic acids is 1. The minimum absolute atomic E-state index is 0.110. The Morgan fingerprint density at radius 1 is 0.966 bits per heavy atom. The molecule has 1 amide bonds. The van der Waals surface area contributed by atoms with Crippen LogP contribution in [0.3, 0.4) is 0 Å². The summed E-state index contributed by atoms with van der Waals surface area (Å²) in [4.78, 5) is 20.6. The summed E-state index contributed by atoms with van der Waals surface area (Å²) in [6, 6.07) is 19.5. The zero-order valence-corrected chi connectivity index (χ0v) is 17.1. The molecule has 0 aliphatic carbocycles. The van der Waals surface area contributed by atoms with E-state index in [1.54, 1.807) is 0 Å². The molecule has 0 aliphatic rings. The van der Waals surface area contributed by atoms with Gasteiger partial charge in [0.25, 0.3) is 0 Å². The average Bonchev–Trinajstić information content (AvgIpc) is 2.68. The van der Waals surface area contributed by atoms with E-state index in [1.165, 1.54) is 6.92 Å². The first-order valence-electron chi connectivity index (χ1n) is 9.82. The molecular formula is C23H27N5O. The molecular weight excluding hydrogens is 362 g/mol. The number of hydrogen-bond acceptors (Lipinski definition) is 5. The lowest BCUT2D eigenvalue weighted by Crippen LogP contribution is -2.09. The van der Waals surface area contributed by atoms with Crippen molar-refractivity contribution in [1.29, 1.82) is 0 Å². The Bertz CT molecular complexity index is 956. The molecule has 29 heavy (non-hydrogen) atoms. The van der Waals surface area contributed by atoms with Crippen LogP contribution in [0.4, 0.5) is 23.1 Å². The Hall–Kier alpha value is -3.41. The molecule has 0 saturated heterocycles. The van der Waals surface area contributed by atoms with Gasteiger partial charge < -0.3 is 16.0 Å². The van der Waals surface area contributed by atoms with Gasteiger partial charge in [-0.25, -0.2) is 4.98 Å². The molecule has 1 aromatic heterocycles. The molecule has 6 nitrogen and oxygen atoms in total. The zero-order chi connectivity index (χ0) is 20.6. The first-order valence-corrected chi connectivity index (χ1v) is 9.82. The molecule has 0 atom stereocenters. The summed E-state index contributed by atoms with van der Waals surface area (Å²) in [5.74, 6) is 1.78. The van der Waals surface area contributed by atoms with Gasteiger partial charge in [0.05, 0.1) is 5.69 Å². The highest BCUT2D eigenvalue weighted by Crippen LogP contribution is 2.24. The number of hydrogen-bond donors (Lipinski definition) is 3. The number of aromatic nitrogens is 2. The van der Waals surface area contributed by atoms with Gasteiger partial charge in [-0.1, -0.05) is 50.2 Å². The number of nitrogens with zero attached hydrogens (tertiary/aromatic N) is 2. The molecule has 0 radical (unpaired) electrons. The Labute approximate surface area is 171 Å². The zero-order valence-electron chi connectivity index (χ0n) is 17.1. The van der Waals surface area contributed by atoms with Crippen molar-refractivity contribution in [1.82, 2.24) is 9.97 Å². The van der Waals surface area contributed by atoms with E-state index in [4.69, 9.17) is 0 Å². The molecule has 2 aromatic carbocycles. The highest BCUT2D eigenvalue weighted by Gasteiger charge is 2.08. The molecule has 3 rings (SSSR count). The van der Waals surface area contributed by atoms with Crippen LogP contribution in [0.1, 0.15) is 27.2 Å². The van der Waals surface area contributed by atoms with Crippen LogP contribution in [0.25, 0.3) is 11.3 Å². The molecule has 0 saturated carbocycles. The van der Waals surface area contributed by atoms with Crippen molar-refractivity contribution in [2.24, 2.45) is 5.92 Å². The summed E-state index contributed by atoms with van der Waals surface area (Å²) in [6.45, 7) is 6.74. The van der Waals surface area contributed by atoms with E-state index >= 15 is 0 Å². The van der Waals surface area contributed by atoms with Gasteiger partial charge in [0, 0.05) is 36.5 Å². The monoisotopic (exact) mass is 389 g/mol. The van der Waals surface area contributed by atoms with Crippen molar-refractivity contribution in [3.05, 3.63) is 60.7 Å². The van der Waals surface area contributed by atoms with Crippen LogP contribution < -0.4 is 16.0 Å². The fourth-order valence-corrected chi connectivity index (χ4v) is 2.85. The van der Waals surface area contributed by atoms with Crippen LogP contribution in [0, 0.1) is 5.92 Å². The first-order chi connectivity index (χ1) is 14.0. The molecule has 0 spiro atoms. The standard InChI is InChI=1S/C23H27N5O/c1-16(2)12-13-24-22-15-21(18-8-5-4-6-9-18)27-23(28-22)26-20-11-7-10-19(14-20)25-17(3)29/h4-11,14-16H,12-13H2,1-3H3,(H,25,29)(H2,24,26,27,28). The summed E-state index contributed by atoms with van der Waals surface area (Å²) in [5, 5.41) is 9.44. The number of benzene rings is 2. The number of nitrogens with one attached hydrogen (secondary N) is 3. The van der Waals surface area contributed by atoms with Crippen LogP contribution in [0.15, 0.2) is 60.7 Å². The van der Waals surface area contributed by atoms with Crippen LogP contribution in [-0.4, -0.2) is 22.4 Å². The second-order valence-electron chi connectivity index (χ2n) is 7.32. The largest absolute Gasteiger partial charge is 0.370 e. The third kappa shape index (κ3) is 6.31. The predicted molar refractivity (Wildman–Crippen MR) is 119 cm³/mol. The second kappa shape index (κ2) is 9.68. The summed E-state index contributed by atoms with van der Waals surface area (Å²) in [5.41, 5.74) is 3.39. The van der Waals surface area contributed by atoms with E-state index in [1.807, 2.05) is 60.7 Å². The quantitative estimate of drug-likeness (QED) is 0.487. The maximum Gasteiger partial charge on any atom is 0.229 e. The molecule has 3 N–H and O–H groups in total. The Balaban J connectivity index is 1.87. The molecule has 0 bridgehead atoms. The van der Waals surface area contributed by atoms with E-state index in [0.717, 1.165) is 41.4 Å². The van der Waals surface area contributed by atoms with Crippen LogP contribution in [0.5, 0.6) is 0 Å². The van der Waals surface area contributed by atoms with Crippen molar-refractivity contribution >= 4 is 29.0 Å². The minimum atomic E-state index is -0.110. The van der Waals surface area contributed by atoms with E-state index in [-0.39, 0.29) is 5.91 Å². The summed E-state index contributed by atoms with van der Waals surface area (Å²) >= 11 is 0. The topological polar surface area (TPSA) is 78.9 Å². The van der Waals surface area contributed by atoms with Gasteiger partial charge in [-0.3, -0.25) is 4.79 Å². The summed E-state index contributed by atoms with van der Waals surface area (Å²) in [7, 11) is 0. The summed E-state index contributed by atoms with van der Waals surface area (Å²) < 4.78 is 0. The van der Waals surface area contributed by atoms with Crippen LogP contribution in [0.2, 0.25) is 0 Å². The second-order valence-corrected chi connectivity index (χ2v) is 7.32. The molecule has 1 heterocycles. The fraction of sp³-hybridized carbons (Fsp3) is 0.261. The Kier molecular flexibility index (Phi) is 6.79. The van der Waals surface area contributed by atoms with Gasteiger partial charge in [-0.05, 0) is 30.5 Å². The molecule has 0 fully saturated rings. The fourth-order valence-electron chi connectivity index (χ4n) is 2.85. The Morgan fingerprint density at radius 3 is 2.45 bits per heavy atom. The van der Waals surface area contributed by atoms with Gasteiger partial charge in [-0.2, -0.15) is 4.98 Å². The highest BCUT2D eigenvalue weighted by atomic mass is 16.1. The van der Waals surface area contributed by atoms with Gasteiger partial charge in [0.15, 0.2) is 0 Å². The van der Waals surface area contributed by atoms with Crippen molar-refractivity contribution in [2.45, 2.75) is 27.2 Å². The molecule has 0 unspecified atom stereocenters. The predicted octanol–water partition coefficient (Wildman–Crippen LogP) is 5.30. The lowest BCUT2D eigenvalue weighted by atomic mass is 10.1. The number of carbonyl (C=O) groups is 1. The lowest BCUT2D eigenvalue weighted by Gasteiger charge is -2.13. The summed E-state index contributed by atoms with van der Waals surface area (Å²) in [6.07, 6.45) is 1.06. The normalized spacial score (nSPS) is 10.6. The molecule has 3 aromatic rings.